The van der Waals surface area contributed by atoms with Crippen molar-refractivity contribution < 1.29 is 0 Å². The van der Waals surface area contributed by atoms with Gasteiger partial charge in [-0.2, -0.15) is 5.26 Å². The van der Waals surface area contributed by atoms with Gasteiger partial charge in [0, 0.05) is 16.8 Å². The van der Waals surface area contributed by atoms with Crippen LogP contribution < -0.4 is 0 Å². The van der Waals surface area contributed by atoms with Crippen molar-refractivity contribution in [1.82, 2.24) is 4.98 Å². The Labute approximate surface area is 101 Å². The smallest absolute Gasteiger partial charge is 0.0998 e. The molecule has 1 aromatic heterocycles. The molecule has 0 atom stereocenters. The van der Waals surface area contributed by atoms with Gasteiger partial charge < -0.3 is 0 Å². The summed E-state index contributed by atoms with van der Waals surface area (Å²) in [6, 6.07) is 13.6. The quantitative estimate of drug-likeness (QED) is 0.775. The Balaban J connectivity index is 2.61. The summed E-state index contributed by atoms with van der Waals surface area (Å²) in [6.07, 6.45) is 1.72. The fraction of sp³-hybridized carbons (Fsp3) is 0.0667. The zero-order valence-corrected chi connectivity index (χ0v) is 9.64. The van der Waals surface area contributed by atoms with E-state index in [0.717, 1.165) is 22.5 Å². The van der Waals surface area contributed by atoms with E-state index in [1.54, 1.807) is 6.08 Å². The maximum absolute atomic E-state index is 9.08. The van der Waals surface area contributed by atoms with Crippen LogP contribution in [0.4, 0.5) is 0 Å². The van der Waals surface area contributed by atoms with Crippen LogP contribution in [-0.2, 0) is 0 Å². The van der Waals surface area contributed by atoms with Crippen LogP contribution in [0, 0.1) is 18.3 Å². The number of rotatable bonds is 2. The fourth-order valence-corrected chi connectivity index (χ4v) is 1.79. The van der Waals surface area contributed by atoms with Gasteiger partial charge in [-0.05, 0) is 25.1 Å². The lowest BCUT2D eigenvalue weighted by atomic mass is 9.99. The van der Waals surface area contributed by atoms with Crippen LogP contribution in [0.5, 0.6) is 0 Å². The molecule has 2 heteroatoms. The Kier molecular flexibility index (Phi) is 3.02. The van der Waals surface area contributed by atoms with E-state index in [1.165, 1.54) is 0 Å². The molecule has 1 heterocycles. The summed E-state index contributed by atoms with van der Waals surface area (Å²) in [5, 5.41) is 9.08. The van der Waals surface area contributed by atoms with Gasteiger partial charge in [0.2, 0.25) is 0 Å². The Hall–Kier alpha value is -2.40. The van der Waals surface area contributed by atoms with Crippen LogP contribution in [0.2, 0.25) is 0 Å². The summed E-state index contributed by atoms with van der Waals surface area (Å²) >= 11 is 0. The van der Waals surface area contributed by atoms with E-state index in [4.69, 9.17) is 5.26 Å². The maximum Gasteiger partial charge on any atom is 0.0998 e. The van der Waals surface area contributed by atoms with Gasteiger partial charge in [-0.1, -0.05) is 30.8 Å². The van der Waals surface area contributed by atoms with Gasteiger partial charge in [0.1, 0.15) is 0 Å². The van der Waals surface area contributed by atoms with Crippen LogP contribution in [0.15, 0.2) is 43.0 Å². The first-order chi connectivity index (χ1) is 8.26. The molecule has 0 aliphatic carbocycles. The molecule has 0 saturated carbocycles. The topological polar surface area (TPSA) is 36.7 Å². The second kappa shape index (κ2) is 4.63. The number of nitriles is 1. The highest BCUT2D eigenvalue weighted by Crippen LogP contribution is 2.25. The van der Waals surface area contributed by atoms with Crippen LogP contribution in [-0.4, -0.2) is 4.98 Å². The van der Waals surface area contributed by atoms with Gasteiger partial charge in [-0.3, -0.25) is 4.98 Å². The molecule has 82 valence electrons. The van der Waals surface area contributed by atoms with E-state index in [-0.39, 0.29) is 0 Å². The lowest BCUT2D eigenvalue weighted by molar-refractivity contribution is 1.18. The molecule has 2 rings (SSSR count). The molecule has 0 N–H and O–H groups in total. The number of pyridine rings is 1. The Morgan fingerprint density at radius 1 is 1.18 bits per heavy atom. The molecule has 2 nitrogen and oxygen atoms in total. The number of hydrogen-bond donors (Lipinski definition) is 0. The normalized spacial score (nSPS) is 9.65. The average Bonchev–Trinajstić information content (AvgIpc) is 2.38. The predicted molar refractivity (Wildman–Crippen MR) is 69.2 cm³/mol. The van der Waals surface area contributed by atoms with Gasteiger partial charge in [-0.15, -0.1) is 0 Å². The number of nitrogens with zero attached hydrogens (tertiary/aromatic N) is 2. The van der Waals surface area contributed by atoms with Gasteiger partial charge >= 0.3 is 0 Å². The van der Waals surface area contributed by atoms with Crippen molar-refractivity contribution in [3.8, 4) is 17.2 Å². The highest BCUT2D eigenvalue weighted by atomic mass is 14.7. The summed E-state index contributed by atoms with van der Waals surface area (Å²) in [5.74, 6) is 0. The van der Waals surface area contributed by atoms with E-state index in [2.05, 4.69) is 17.6 Å². The van der Waals surface area contributed by atoms with Crippen molar-refractivity contribution in [2.24, 2.45) is 0 Å². The van der Waals surface area contributed by atoms with Gasteiger partial charge in [0.05, 0.1) is 17.3 Å². The lowest BCUT2D eigenvalue weighted by Crippen LogP contribution is -1.92. The highest BCUT2D eigenvalue weighted by molar-refractivity contribution is 5.72. The zero-order valence-electron chi connectivity index (χ0n) is 9.64. The Morgan fingerprint density at radius 2 is 1.94 bits per heavy atom. The monoisotopic (exact) mass is 220 g/mol. The molecule has 1 aromatic carbocycles. The van der Waals surface area contributed by atoms with E-state index < -0.39 is 0 Å². The molecule has 0 bridgehead atoms. The fourth-order valence-electron chi connectivity index (χ4n) is 1.79. The molecule has 0 saturated heterocycles. The number of hydrogen-bond acceptors (Lipinski definition) is 2. The van der Waals surface area contributed by atoms with E-state index in [1.807, 2.05) is 43.3 Å². The first-order valence-electron chi connectivity index (χ1n) is 5.36. The summed E-state index contributed by atoms with van der Waals surface area (Å²) in [5.41, 5.74) is 4.35. The average molecular weight is 220 g/mol. The second-order valence-corrected chi connectivity index (χ2v) is 3.73. The maximum atomic E-state index is 9.08. The predicted octanol–water partition coefficient (Wildman–Crippen LogP) is 3.57. The molecular formula is C15H12N2. The van der Waals surface area contributed by atoms with Crippen molar-refractivity contribution >= 4 is 6.08 Å². The largest absolute Gasteiger partial charge is 0.253 e. The summed E-state index contributed by atoms with van der Waals surface area (Å²) in [6.45, 7) is 5.63. The van der Waals surface area contributed by atoms with Crippen LogP contribution in [0.3, 0.4) is 0 Å². The molecule has 0 aliphatic rings. The number of aromatic nitrogens is 1. The molecule has 17 heavy (non-hydrogen) atoms. The molecule has 0 amide bonds. The van der Waals surface area contributed by atoms with Crippen molar-refractivity contribution in [1.29, 1.82) is 5.26 Å². The third-order valence-electron chi connectivity index (χ3n) is 2.65. The van der Waals surface area contributed by atoms with E-state index in [0.29, 0.717) is 5.56 Å². The molecule has 0 spiro atoms. The highest BCUT2D eigenvalue weighted by Gasteiger charge is 2.07. The Bertz CT molecular complexity index is 607. The van der Waals surface area contributed by atoms with Gasteiger partial charge in [-0.25, -0.2) is 0 Å². The number of aryl methyl sites for hydroxylation is 1. The summed E-state index contributed by atoms with van der Waals surface area (Å²) in [7, 11) is 0. The first-order valence-corrected chi connectivity index (χ1v) is 5.36. The minimum Gasteiger partial charge on any atom is -0.253 e. The van der Waals surface area contributed by atoms with Crippen LogP contribution in [0.1, 0.15) is 17.0 Å². The van der Waals surface area contributed by atoms with Crippen LogP contribution >= 0.6 is 0 Å². The first kappa shape index (κ1) is 11.1. The minimum absolute atomic E-state index is 0.670. The molecule has 0 fully saturated rings. The third-order valence-corrected chi connectivity index (χ3v) is 2.65. The van der Waals surface area contributed by atoms with Crippen molar-refractivity contribution in [2.75, 3.05) is 0 Å². The Morgan fingerprint density at radius 3 is 2.59 bits per heavy atom. The van der Waals surface area contributed by atoms with Gasteiger partial charge in [0.25, 0.3) is 0 Å². The van der Waals surface area contributed by atoms with E-state index in [9.17, 15) is 0 Å². The SMILES string of the molecule is C=Cc1ccc(-c2ccccc2C#N)c(C)n1. The molecule has 0 unspecified atom stereocenters. The molecular weight excluding hydrogens is 208 g/mol. The minimum atomic E-state index is 0.670. The molecule has 2 aromatic rings. The molecule has 0 radical (unpaired) electrons. The van der Waals surface area contributed by atoms with Crippen molar-refractivity contribution in [2.45, 2.75) is 6.92 Å². The van der Waals surface area contributed by atoms with Gasteiger partial charge in [0.15, 0.2) is 0 Å². The molecule has 0 aliphatic heterocycles. The summed E-state index contributed by atoms with van der Waals surface area (Å²) in [4.78, 5) is 4.42. The standard InChI is InChI=1S/C15H12N2/c1-3-13-8-9-14(11(2)17-13)15-7-5-4-6-12(15)10-16/h3-9H,1H2,2H3. The summed E-state index contributed by atoms with van der Waals surface area (Å²) < 4.78 is 0. The second-order valence-electron chi connectivity index (χ2n) is 3.73. The zero-order chi connectivity index (χ0) is 12.3. The van der Waals surface area contributed by atoms with Crippen molar-refractivity contribution in [3.63, 3.8) is 0 Å². The third kappa shape index (κ3) is 2.09. The van der Waals surface area contributed by atoms with E-state index >= 15 is 0 Å². The lowest BCUT2D eigenvalue weighted by Gasteiger charge is -2.07. The van der Waals surface area contributed by atoms with Crippen molar-refractivity contribution in [3.05, 3.63) is 59.9 Å². The van der Waals surface area contributed by atoms with Crippen LogP contribution in [0.25, 0.3) is 17.2 Å². The number of benzene rings is 1.